The number of aromatic nitrogens is 1. The first-order valence-electron chi connectivity index (χ1n) is 9.88. The van der Waals surface area contributed by atoms with Crippen molar-refractivity contribution in [2.75, 3.05) is 20.3 Å². The second kappa shape index (κ2) is 10.7. The van der Waals surface area contributed by atoms with E-state index in [2.05, 4.69) is 15.5 Å². The molecule has 0 atom stereocenters. The zero-order valence-electron chi connectivity index (χ0n) is 17.0. The Morgan fingerprint density at radius 3 is 2.40 bits per heavy atom. The van der Waals surface area contributed by atoms with Crippen molar-refractivity contribution in [2.45, 2.75) is 26.1 Å². The normalized spacial score (nSPS) is 11.2. The molecule has 1 heterocycles. The Bertz CT molecular complexity index is 939. The molecule has 3 rings (SSSR count). The number of ether oxygens (including phenoxy) is 1. The standard InChI is InChI=1S/C23H26FN3O3/c1-30-15-3-13-25(16-19-7-11-22(12-8-19)27(28)29)18-23-4-2-14-26(23)17-20-5-9-21(24)10-6-20/h2,4-12,14H,3,13,15-18H2,1H3. The van der Waals surface area contributed by atoms with Crippen LogP contribution in [0.15, 0.2) is 66.9 Å². The number of nitrogens with zero attached hydrogens (tertiary/aromatic N) is 3. The van der Waals surface area contributed by atoms with Crippen LogP contribution in [-0.2, 0) is 24.4 Å². The quantitative estimate of drug-likeness (QED) is 0.262. The molecule has 0 saturated carbocycles. The molecule has 0 aliphatic rings. The van der Waals surface area contributed by atoms with Crippen LogP contribution in [0.4, 0.5) is 10.1 Å². The van der Waals surface area contributed by atoms with E-state index < -0.39 is 0 Å². The highest BCUT2D eigenvalue weighted by atomic mass is 19.1. The van der Waals surface area contributed by atoms with E-state index in [-0.39, 0.29) is 16.4 Å². The molecule has 0 bridgehead atoms. The van der Waals surface area contributed by atoms with Crippen molar-refractivity contribution in [1.82, 2.24) is 9.47 Å². The average molecular weight is 411 g/mol. The van der Waals surface area contributed by atoms with E-state index >= 15 is 0 Å². The van der Waals surface area contributed by atoms with Crippen molar-refractivity contribution >= 4 is 5.69 Å². The first kappa shape index (κ1) is 21.7. The number of nitro groups is 1. The fourth-order valence-electron chi connectivity index (χ4n) is 3.39. The maximum atomic E-state index is 13.2. The zero-order chi connectivity index (χ0) is 21.3. The number of nitro benzene ring substituents is 1. The third kappa shape index (κ3) is 6.23. The fourth-order valence-corrected chi connectivity index (χ4v) is 3.39. The van der Waals surface area contributed by atoms with Gasteiger partial charge in [0.25, 0.3) is 5.69 Å². The minimum absolute atomic E-state index is 0.0952. The second-order valence-electron chi connectivity index (χ2n) is 7.23. The van der Waals surface area contributed by atoms with E-state index in [0.29, 0.717) is 19.7 Å². The first-order valence-corrected chi connectivity index (χ1v) is 9.88. The van der Waals surface area contributed by atoms with Gasteiger partial charge in [-0.2, -0.15) is 0 Å². The lowest BCUT2D eigenvalue weighted by atomic mass is 10.2. The molecule has 0 N–H and O–H groups in total. The molecule has 1 aromatic heterocycles. The molecule has 158 valence electrons. The van der Waals surface area contributed by atoms with Gasteiger partial charge in [-0.1, -0.05) is 24.3 Å². The molecule has 0 radical (unpaired) electrons. The molecule has 2 aromatic carbocycles. The van der Waals surface area contributed by atoms with Gasteiger partial charge in [-0.25, -0.2) is 4.39 Å². The minimum Gasteiger partial charge on any atom is -0.385 e. The van der Waals surface area contributed by atoms with Crippen molar-refractivity contribution in [3.8, 4) is 0 Å². The summed E-state index contributed by atoms with van der Waals surface area (Å²) in [7, 11) is 1.69. The van der Waals surface area contributed by atoms with E-state index in [4.69, 9.17) is 4.74 Å². The molecule has 0 amide bonds. The first-order chi connectivity index (χ1) is 14.5. The van der Waals surface area contributed by atoms with Crippen LogP contribution in [0.1, 0.15) is 23.2 Å². The number of non-ortho nitro benzene ring substituents is 1. The second-order valence-corrected chi connectivity index (χ2v) is 7.23. The van der Waals surface area contributed by atoms with Crippen molar-refractivity contribution < 1.29 is 14.1 Å². The van der Waals surface area contributed by atoms with Gasteiger partial charge in [0.1, 0.15) is 5.82 Å². The largest absolute Gasteiger partial charge is 0.385 e. The van der Waals surface area contributed by atoms with Crippen molar-refractivity contribution in [1.29, 1.82) is 0 Å². The Kier molecular flexibility index (Phi) is 7.70. The van der Waals surface area contributed by atoms with Gasteiger partial charge in [-0.15, -0.1) is 0 Å². The van der Waals surface area contributed by atoms with Gasteiger partial charge in [0, 0.05) is 63.9 Å². The summed E-state index contributed by atoms with van der Waals surface area (Å²) in [5.41, 5.74) is 3.31. The van der Waals surface area contributed by atoms with Crippen molar-refractivity contribution in [2.24, 2.45) is 0 Å². The van der Waals surface area contributed by atoms with E-state index in [9.17, 15) is 14.5 Å². The molecule has 0 unspecified atom stereocenters. The van der Waals surface area contributed by atoms with Gasteiger partial charge in [0.05, 0.1) is 4.92 Å². The zero-order valence-corrected chi connectivity index (χ0v) is 17.0. The topological polar surface area (TPSA) is 60.5 Å². The Hall–Kier alpha value is -3.03. The highest BCUT2D eigenvalue weighted by Gasteiger charge is 2.12. The number of benzene rings is 2. The third-order valence-electron chi connectivity index (χ3n) is 4.95. The van der Waals surface area contributed by atoms with Gasteiger partial charge in [0.2, 0.25) is 0 Å². The third-order valence-corrected chi connectivity index (χ3v) is 4.95. The smallest absolute Gasteiger partial charge is 0.269 e. The van der Waals surface area contributed by atoms with Gasteiger partial charge < -0.3 is 9.30 Å². The van der Waals surface area contributed by atoms with Crippen LogP contribution in [0.5, 0.6) is 0 Å². The highest BCUT2D eigenvalue weighted by Crippen LogP contribution is 2.17. The summed E-state index contributed by atoms with van der Waals surface area (Å²) in [5.74, 6) is -0.237. The molecule has 3 aromatic rings. The van der Waals surface area contributed by atoms with E-state index in [1.165, 1.54) is 12.1 Å². The Labute approximate surface area is 175 Å². The minimum atomic E-state index is -0.386. The number of methoxy groups -OCH3 is 1. The summed E-state index contributed by atoms with van der Waals surface area (Å²) >= 11 is 0. The van der Waals surface area contributed by atoms with Gasteiger partial charge in [-0.3, -0.25) is 15.0 Å². The monoisotopic (exact) mass is 411 g/mol. The van der Waals surface area contributed by atoms with Gasteiger partial charge in [-0.05, 0) is 41.8 Å². The van der Waals surface area contributed by atoms with Crippen LogP contribution in [0.3, 0.4) is 0 Å². The molecule has 30 heavy (non-hydrogen) atoms. The SMILES string of the molecule is COCCCN(Cc1ccc([N+](=O)[O-])cc1)Cc1cccn1Cc1ccc(F)cc1. The predicted molar refractivity (Wildman–Crippen MR) is 114 cm³/mol. The number of hydrogen-bond donors (Lipinski definition) is 0. The lowest BCUT2D eigenvalue weighted by molar-refractivity contribution is -0.384. The Morgan fingerprint density at radius 1 is 1.03 bits per heavy atom. The van der Waals surface area contributed by atoms with Crippen molar-refractivity contribution in [3.63, 3.8) is 0 Å². The fraction of sp³-hybridized carbons (Fsp3) is 0.304. The summed E-state index contributed by atoms with van der Waals surface area (Å²) in [6.07, 6.45) is 2.92. The maximum absolute atomic E-state index is 13.2. The summed E-state index contributed by atoms with van der Waals surface area (Å²) in [5, 5.41) is 10.9. The number of halogens is 1. The van der Waals surface area contributed by atoms with E-state index in [0.717, 1.165) is 36.3 Å². The highest BCUT2D eigenvalue weighted by molar-refractivity contribution is 5.32. The predicted octanol–water partition coefficient (Wildman–Crippen LogP) is 4.62. The van der Waals surface area contributed by atoms with Crippen LogP contribution in [-0.4, -0.2) is 34.7 Å². The number of hydrogen-bond acceptors (Lipinski definition) is 4. The molecule has 0 saturated heterocycles. The van der Waals surface area contributed by atoms with Crippen LogP contribution >= 0.6 is 0 Å². The van der Waals surface area contributed by atoms with Crippen LogP contribution in [0, 0.1) is 15.9 Å². The molecule has 7 heteroatoms. The Balaban J connectivity index is 1.70. The van der Waals surface area contributed by atoms with E-state index in [1.54, 1.807) is 43.5 Å². The summed E-state index contributed by atoms with van der Waals surface area (Å²) in [6, 6.07) is 17.3. The average Bonchev–Trinajstić information content (AvgIpc) is 3.16. The molecule has 0 spiro atoms. The maximum Gasteiger partial charge on any atom is 0.269 e. The number of rotatable bonds is 11. The lowest BCUT2D eigenvalue weighted by Crippen LogP contribution is -2.26. The molecular formula is C23H26FN3O3. The molecular weight excluding hydrogens is 385 g/mol. The molecule has 0 aliphatic carbocycles. The van der Waals surface area contributed by atoms with E-state index in [1.807, 2.05) is 12.3 Å². The lowest BCUT2D eigenvalue weighted by Gasteiger charge is -2.23. The summed E-state index contributed by atoms with van der Waals surface area (Å²) < 4.78 is 20.5. The van der Waals surface area contributed by atoms with Crippen LogP contribution in [0.25, 0.3) is 0 Å². The van der Waals surface area contributed by atoms with Crippen molar-refractivity contribution in [3.05, 3.63) is 99.6 Å². The summed E-state index contributed by atoms with van der Waals surface area (Å²) in [4.78, 5) is 12.8. The Morgan fingerprint density at radius 2 is 1.73 bits per heavy atom. The summed E-state index contributed by atoms with van der Waals surface area (Å²) in [6.45, 7) is 3.60. The van der Waals surface area contributed by atoms with Crippen LogP contribution < -0.4 is 0 Å². The van der Waals surface area contributed by atoms with Gasteiger partial charge >= 0.3 is 0 Å². The molecule has 0 fully saturated rings. The van der Waals surface area contributed by atoms with Crippen LogP contribution in [0.2, 0.25) is 0 Å². The van der Waals surface area contributed by atoms with Gasteiger partial charge in [0.15, 0.2) is 0 Å². The molecule has 0 aliphatic heterocycles. The molecule has 6 nitrogen and oxygen atoms in total.